The Balaban J connectivity index is -0.000000131. The maximum absolute atomic E-state index is 8.85. The fraction of sp³-hybridized carbons (Fsp3) is 1.00. The number of rotatable bonds is 1. The Morgan fingerprint density at radius 2 is 0.929 bits per heavy atom. The fourth-order valence-corrected chi connectivity index (χ4v) is 0. The molecule has 0 spiro atoms. The fourth-order valence-electron chi connectivity index (χ4n) is 0. The van der Waals surface area contributed by atoms with Gasteiger partial charge in [-0.15, -0.1) is 0 Å². The lowest BCUT2D eigenvalue weighted by Gasteiger charge is -1.90. The van der Waals surface area contributed by atoms with Crippen LogP contribution in [0.2, 0.25) is 0 Å². The summed E-state index contributed by atoms with van der Waals surface area (Å²) in [5, 5.41) is 7.54. The van der Waals surface area contributed by atoms with Gasteiger partial charge in [-0.25, -0.2) is 27.1 Å². The molecule has 0 radical (unpaired) electrons. The van der Waals surface area contributed by atoms with Crippen molar-refractivity contribution >= 4 is 20.6 Å². The lowest BCUT2D eigenvalue weighted by molar-refractivity contribution is -0.453. The normalized spacial score (nSPS) is 10.4. The minimum absolute atomic E-state index is 0.958. The van der Waals surface area contributed by atoms with Gasteiger partial charge in [0.25, 0.3) is 0 Å². The molecule has 90 valence electrons. The highest BCUT2D eigenvalue weighted by atomic mass is 32.2. The average Bonchev–Trinajstić information content (AvgIpc) is 1.79. The molecule has 0 amide bonds. The smallest absolute Gasteiger partial charge is 0.156 e. The third-order valence-corrected chi connectivity index (χ3v) is 0.250. The van der Waals surface area contributed by atoms with Crippen molar-refractivity contribution in [1.29, 1.82) is 0 Å². The van der Waals surface area contributed by atoms with Gasteiger partial charge in [0.05, 0.1) is 0 Å². The molecular formula is C2H14N4O6S2. The first kappa shape index (κ1) is 19.3. The van der Waals surface area contributed by atoms with Crippen molar-refractivity contribution in [3.05, 3.63) is 0 Å². The molecule has 0 heterocycles. The SMILES string of the molecule is NS(=O)(=O)[O-].NS(=O)(=O)[O-].[NH3+]CC[NH3+]. The first-order valence-electron chi connectivity index (χ1n) is 2.97. The molecule has 10 N–H and O–H groups in total. The Morgan fingerprint density at radius 1 is 0.857 bits per heavy atom. The van der Waals surface area contributed by atoms with Gasteiger partial charge >= 0.3 is 0 Å². The molecule has 12 heteroatoms. The van der Waals surface area contributed by atoms with E-state index in [9.17, 15) is 0 Å². The zero-order chi connectivity index (χ0) is 12.4. The van der Waals surface area contributed by atoms with Crippen molar-refractivity contribution in [3.63, 3.8) is 0 Å². The van der Waals surface area contributed by atoms with E-state index < -0.39 is 20.6 Å². The Kier molecular flexibility index (Phi) is 12.7. The molecule has 0 aliphatic heterocycles. The second-order valence-corrected chi connectivity index (χ2v) is 3.66. The molecule has 0 saturated heterocycles. The van der Waals surface area contributed by atoms with Crippen molar-refractivity contribution < 1.29 is 37.4 Å². The second-order valence-electron chi connectivity index (χ2n) is 1.69. The lowest BCUT2D eigenvalue weighted by atomic mass is 10.7. The molecule has 0 fully saturated rings. The summed E-state index contributed by atoms with van der Waals surface area (Å²) in [5.74, 6) is 0. The standard InChI is InChI=1S/C2H8N2.2H3NO3S/c3-1-2-4;2*1-5(2,3)4/h1-4H2;2*(H3,1,2,3,4). The van der Waals surface area contributed by atoms with Crippen molar-refractivity contribution in [1.82, 2.24) is 0 Å². The summed E-state index contributed by atoms with van der Waals surface area (Å²) in [7, 11) is -8.83. The van der Waals surface area contributed by atoms with Crippen LogP contribution in [0.5, 0.6) is 0 Å². The Morgan fingerprint density at radius 3 is 0.929 bits per heavy atom. The molecule has 0 unspecified atom stereocenters. The molecule has 0 aromatic carbocycles. The van der Waals surface area contributed by atoms with Crippen LogP contribution in [-0.2, 0) is 20.6 Å². The molecule has 0 aromatic rings. The largest absolute Gasteiger partial charge is 0.736 e. The van der Waals surface area contributed by atoms with E-state index in [1.54, 1.807) is 0 Å². The van der Waals surface area contributed by atoms with Gasteiger partial charge in [-0.05, 0) is 0 Å². The summed E-state index contributed by atoms with van der Waals surface area (Å²) in [6.07, 6.45) is 0. The maximum Gasteiger partial charge on any atom is 0.156 e. The summed E-state index contributed by atoms with van der Waals surface area (Å²) in [5.41, 5.74) is 7.08. The van der Waals surface area contributed by atoms with Gasteiger partial charge in [0, 0.05) is 0 Å². The van der Waals surface area contributed by atoms with E-state index in [0.29, 0.717) is 0 Å². The topological polar surface area (TPSA) is 222 Å². The van der Waals surface area contributed by atoms with Crippen molar-refractivity contribution in [2.75, 3.05) is 13.1 Å². The van der Waals surface area contributed by atoms with E-state index in [1.807, 2.05) is 0 Å². The van der Waals surface area contributed by atoms with Gasteiger partial charge < -0.3 is 20.6 Å². The van der Waals surface area contributed by atoms with Crippen LogP contribution in [0, 0.1) is 0 Å². The van der Waals surface area contributed by atoms with Crippen LogP contribution in [0.1, 0.15) is 0 Å². The van der Waals surface area contributed by atoms with Gasteiger partial charge in [-0.3, -0.25) is 0 Å². The number of hydrogen-bond acceptors (Lipinski definition) is 6. The first-order valence-corrected chi connectivity index (χ1v) is 5.91. The molecular weight excluding hydrogens is 240 g/mol. The Bertz CT molecular complexity index is 246. The molecule has 10 nitrogen and oxygen atoms in total. The molecule has 0 aliphatic rings. The van der Waals surface area contributed by atoms with Crippen LogP contribution in [0.3, 0.4) is 0 Å². The molecule has 0 rings (SSSR count). The minimum Gasteiger partial charge on any atom is -0.736 e. The third kappa shape index (κ3) is 3040. The lowest BCUT2D eigenvalue weighted by Crippen LogP contribution is -2.64. The van der Waals surface area contributed by atoms with Gasteiger partial charge in [-0.2, -0.15) is 0 Å². The van der Waals surface area contributed by atoms with Gasteiger partial charge in [-0.1, -0.05) is 0 Å². The van der Waals surface area contributed by atoms with Crippen LogP contribution in [0.25, 0.3) is 0 Å². The zero-order valence-electron chi connectivity index (χ0n) is 7.25. The van der Waals surface area contributed by atoms with Gasteiger partial charge in [0.1, 0.15) is 13.1 Å². The predicted octanol–water partition coefficient (Wildman–Crippen LogP) is -5.72. The molecule has 0 atom stereocenters. The highest BCUT2D eigenvalue weighted by Crippen LogP contribution is 1.50. The maximum atomic E-state index is 8.85. The summed E-state index contributed by atoms with van der Waals surface area (Å²) < 4.78 is 53.1. The molecule has 0 bridgehead atoms. The van der Waals surface area contributed by atoms with E-state index in [1.165, 1.54) is 0 Å². The van der Waals surface area contributed by atoms with Crippen molar-refractivity contribution in [3.8, 4) is 0 Å². The van der Waals surface area contributed by atoms with Crippen LogP contribution >= 0.6 is 0 Å². The van der Waals surface area contributed by atoms with E-state index in [2.05, 4.69) is 21.7 Å². The number of hydrogen-bond donors (Lipinski definition) is 4. The average molecular weight is 254 g/mol. The zero-order valence-corrected chi connectivity index (χ0v) is 8.88. The Labute approximate surface area is 82.0 Å². The molecule has 0 aromatic heterocycles. The number of nitrogens with two attached hydrogens (primary N) is 2. The third-order valence-electron chi connectivity index (χ3n) is 0.250. The monoisotopic (exact) mass is 254 g/mol. The predicted molar refractivity (Wildman–Crippen MR) is 43.3 cm³/mol. The summed E-state index contributed by atoms with van der Waals surface area (Å²) in [6.45, 7) is 1.92. The van der Waals surface area contributed by atoms with Crippen LogP contribution in [0.4, 0.5) is 0 Å². The summed E-state index contributed by atoms with van der Waals surface area (Å²) >= 11 is 0. The van der Waals surface area contributed by atoms with Crippen LogP contribution in [0.15, 0.2) is 0 Å². The van der Waals surface area contributed by atoms with E-state index in [-0.39, 0.29) is 0 Å². The first-order chi connectivity index (χ1) is 5.91. The second kappa shape index (κ2) is 9.22. The minimum atomic E-state index is -4.42. The quantitative estimate of drug-likeness (QED) is 0.333. The van der Waals surface area contributed by atoms with Crippen LogP contribution < -0.4 is 21.7 Å². The van der Waals surface area contributed by atoms with E-state index >= 15 is 0 Å². The van der Waals surface area contributed by atoms with Gasteiger partial charge in [0.2, 0.25) is 0 Å². The summed E-state index contributed by atoms with van der Waals surface area (Å²) in [6, 6.07) is 0. The molecule has 0 saturated carbocycles. The molecule has 0 aliphatic carbocycles. The van der Waals surface area contributed by atoms with Crippen molar-refractivity contribution in [2.45, 2.75) is 0 Å². The summed E-state index contributed by atoms with van der Waals surface area (Å²) in [4.78, 5) is 0. The van der Waals surface area contributed by atoms with Crippen molar-refractivity contribution in [2.24, 2.45) is 10.3 Å². The van der Waals surface area contributed by atoms with E-state index in [4.69, 9.17) is 25.9 Å². The highest BCUT2D eigenvalue weighted by Gasteiger charge is 1.65. The Hall–Kier alpha value is -0.340. The number of quaternary nitrogens is 2. The van der Waals surface area contributed by atoms with Crippen LogP contribution in [-0.4, -0.2) is 39.0 Å². The van der Waals surface area contributed by atoms with E-state index in [0.717, 1.165) is 13.1 Å². The highest BCUT2D eigenvalue weighted by molar-refractivity contribution is 7.83. The molecule has 14 heavy (non-hydrogen) atoms. The van der Waals surface area contributed by atoms with Gasteiger partial charge in [0.15, 0.2) is 20.6 Å².